The SMILES string of the molecule is CNC(C)COCC(C)(C)CNC(=S)Nc1ccccc1. The largest absolute Gasteiger partial charge is 0.379 e. The lowest BCUT2D eigenvalue weighted by atomic mass is 9.95. The van der Waals surface area contributed by atoms with Gasteiger partial charge in [-0.1, -0.05) is 32.0 Å². The van der Waals surface area contributed by atoms with Crippen LogP contribution in [0.15, 0.2) is 30.3 Å². The lowest BCUT2D eigenvalue weighted by Gasteiger charge is -2.26. The molecule has 1 rings (SSSR count). The average molecular weight is 309 g/mol. The lowest BCUT2D eigenvalue weighted by Crippen LogP contribution is -2.39. The number of rotatable bonds is 8. The standard InChI is InChI=1S/C16H27N3OS/c1-13(17-4)10-20-12-16(2,3)11-18-15(21)19-14-8-6-5-7-9-14/h5-9,13,17H,10-12H2,1-4H3,(H2,18,19,21). The number of ether oxygens (including phenoxy) is 1. The van der Waals surface area contributed by atoms with Crippen molar-refractivity contribution in [3.8, 4) is 0 Å². The molecule has 1 aromatic carbocycles. The molecule has 4 nitrogen and oxygen atoms in total. The summed E-state index contributed by atoms with van der Waals surface area (Å²) < 4.78 is 5.74. The van der Waals surface area contributed by atoms with Gasteiger partial charge in [-0.25, -0.2) is 0 Å². The third-order valence-corrected chi connectivity index (χ3v) is 3.36. The fourth-order valence-electron chi connectivity index (χ4n) is 1.66. The smallest absolute Gasteiger partial charge is 0.170 e. The van der Waals surface area contributed by atoms with Crippen LogP contribution in [0.4, 0.5) is 5.69 Å². The quantitative estimate of drug-likeness (QED) is 0.644. The van der Waals surface area contributed by atoms with Crippen LogP contribution in [-0.4, -0.2) is 38.0 Å². The van der Waals surface area contributed by atoms with Crippen LogP contribution in [-0.2, 0) is 4.74 Å². The van der Waals surface area contributed by atoms with Crippen LogP contribution < -0.4 is 16.0 Å². The van der Waals surface area contributed by atoms with E-state index in [2.05, 4.69) is 36.7 Å². The first-order valence-corrected chi connectivity index (χ1v) is 7.69. The first-order valence-electron chi connectivity index (χ1n) is 7.28. The molecule has 0 saturated heterocycles. The van der Waals surface area contributed by atoms with Gasteiger partial charge in [-0.3, -0.25) is 0 Å². The molecule has 0 amide bonds. The second kappa shape index (κ2) is 8.97. The Morgan fingerprint density at radius 2 is 1.95 bits per heavy atom. The Hall–Kier alpha value is -1.17. The van der Waals surface area contributed by atoms with Crippen LogP contribution in [0, 0.1) is 5.41 Å². The van der Waals surface area contributed by atoms with Crippen LogP contribution >= 0.6 is 12.2 Å². The van der Waals surface area contributed by atoms with E-state index in [0.29, 0.717) is 24.4 Å². The second-order valence-electron chi connectivity index (χ2n) is 6.04. The number of nitrogens with one attached hydrogen (secondary N) is 3. The predicted molar refractivity (Wildman–Crippen MR) is 93.8 cm³/mol. The zero-order valence-corrected chi connectivity index (χ0v) is 14.2. The van der Waals surface area contributed by atoms with Gasteiger partial charge >= 0.3 is 0 Å². The molecular weight excluding hydrogens is 282 g/mol. The van der Waals surface area contributed by atoms with Gasteiger partial charge in [-0.05, 0) is 38.3 Å². The van der Waals surface area contributed by atoms with Gasteiger partial charge in [0.25, 0.3) is 0 Å². The summed E-state index contributed by atoms with van der Waals surface area (Å²) in [5, 5.41) is 10.2. The molecule has 0 bridgehead atoms. The Bertz CT molecular complexity index is 423. The lowest BCUT2D eigenvalue weighted by molar-refractivity contribution is 0.0542. The van der Waals surface area contributed by atoms with E-state index in [9.17, 15) is 0 Å². The molecule has 21 heavy (non-hydrogen) atoms. The van der Waals surface area contributed by atoms with Crippen LogP contribution in [0.3, 0.4) is 0 Å². The maximum atomic E-state index is 5.74. The van der Waals surface area contributed by atoms with Crippen molar-refractivity contribution in [1.82, 2.24) is 10.6 Å². The van der Waals surface area contributed by atoms with E-state index >= 15 is 0 Å². The molecule has 1 unspecified atom stereocenters. The minimum absolute atomic E-state index is 0.0237. The first-order chi connectivity index (χ1) is 9.93. The zero-order valence-electron chi connectivity index (χ0n) is 13.4. The molecule has 0 radical (unpaired) electrons. The number of para-hydroxylation sites is 1. The topological polar surface area (TPSA) is 45.3 Å². The molecule has 0 fully saturated rings. The molecule has 118 valence electrons. The third kappa shape index (κ3) is 7.99. The van der Waals surface area contributed by atoms with E-state index in [4.69, 9.17) is 17.0 Å². The van der Waals surface area contributed by atoms with Gasteiger partial charge in [0.15, 0.2) is 5.11 Å². The number of anilines is 1. The van der Waals surface area contributed by atoms with Crippen LogP contribution in [0.2, 0.25) is 0 Å². The molecule has 1 aromatic rings. The van der Waals surface area contributed by atoms with Gasteiger partial charge in [-0.2, -0.15) is 0 Å². The number of benzene rings is 1. The molecular formula is C16H27N3OS. The summed E-state index contributed by atoms with van der Waals surface area (Å²) in [7, 11) is 1.94. The maximum absolute atomic E-state index is 5.74. The van der Waals surface area contributed by atoms with Crippen molar-refractivity contribution < 1.29 is 4.74 Å². The third-order valence-electron chi connectivity index (χ3n) is 3.11. The summed E-state index contributed by atoms with van der Waals surface area (Å²) in [6.45, 7) is 8.60. The van der Waals surface area contributed by atoms with E-state index in [-0.39, 0.29) is 5.41 Å². The Balaban J connectivity index is 2.27. The van der Waals surface area contributed by atoms with Crippen LogP contribution in [0.25, 0.3) is 0 Å². The first kappa shape index (κ1) is 17.9. The molecule has 3 N–H and O–H groups in total. The van der Waals surface area contributed by atoms with Gasteiger partial charge in [0.1, 0.15) is 0 Å². The van der Waals surface area contributed by atoms with Gasteiger partial charge in [0.05, 0.1) is 13.2 Å². The van der Waals surface area contributed by atoms with Crippen LogP contribution in [0.1, 0.15) is 20.8 Å². The van der Waals surface area contributed by atoms with E-state index < -0.39 is 0 Å². The number of thiocarbonyl (C=S) groups is 1. The highest BCUT2D eigenvalue weighted by atomic mass is 32.1. The Morgan fingerprint density at radius 3 is 2.57 bits per heavy atom. The average Bonchev–Trinajstić information content (AvgIpc) is 2.46. The fourth-order valence-corrected chi connectivity index (χ4v) is 1.85. The summed E-state index contributed by atoms with van der Waals surface area (Å²) in [6, 6.07) is 10.3. The fraction of sp³-hybridized carbons (Fsp3) is 0.562. The van der Waals surface area contributed by atoms with Crippen molar-refractivity contribution in [3.05, 3.63) is 30.3 Å². The summed E-state index contributed by atoms with van der Waals surface area (Å²) >= 11 is 5.30. The Kier molecular flexibility index (Phi) is 7.64. The number of hydrogen-bond donors (Lipinski definition) is 3. The molecule has 0 aliphatic heterocycles. The monoisotopic (exact) mass is 309 g/mol. The number of hydrogen-bond acceptors (Lipinski definition) is 3. The summed E-state index contributed by atoms with van der Waals surface area (Å²) in [5.74, 6) is 0. The highest BCUT2D eigenvalue weighted by molar-refractivity contribution is 7.80. The van der Waals surface area contributed by atoms with Gasteiger partial charge < -0.3 is 20.7 Å². The van der Waals surface area contributed by atoms with Gasteiger partial charge in [0, 0.05) is 23.7 Å². The molecule has 0 aliphatic rings. The van der Waals surface area contributed by atoms with E-state index in [0.717, 1.165) is 12.2 Å². The predicted octanol–water partition coefficient (Wildman–Crippen LogP) is 2.62. The molecule has 1 atom stereocenters. The van der Waals surface area contributed by atoms with E-state index in [1.54, 1.807) is 0 Å². The van der Waals surface area contributed by atoms with Crippen molar-refractivity contribution in [3.63, 3.8) is 0 Å². The molecule has 0 aromatic heterocycles. The van der Waals surface area contributed by atoms with E-state index in [1.807, 2.05) is 37.4 Å². The van der Waals surface area contributed by atoms with E-state index in [1.165, 1.54) is 0 Å². The molecule has 0 saturated carbocycles. The van der Waals surface area contributed by atoms with Crippen molar-refractivity contribution in [2.45, 2.75) is 26.8 Å². The van der Waals surface area contributed by atoms with Crippen molar-refractivity contribution in [2.75, 3.05) is 32.1 Å². The minimum Gasteiger partial charge on any atom is -0.379 e. The number of likely N-dealkylation sites (N-methyl/N-ethyl adjacent to an activating group) is 1. The van der Waals surface area contributed by atoms with Gasteiger partial charge in [-0.15, -0.1) is 0 Å². The Morgan fingerprint density at radius 1 is 1.29 bits per heavy atom. The molecule has 0 heterocycles. The summed E-state index contributed by atoms with van der Waals surface area (Å²) in [5.41, 5.74) is 1.02. The second-order valence-corrected chi connectivity index (χ2v) is 6.45. The van der Waals surface area contributed by atoms with Gasteiger partial charge in [0.2, 0.25) is 0 Å². The maximum Gasteiger partial charge on any atom is 0.170 e. The zero-order chi connectivity index (χ0) is 15.7. The normalized spacial score (nSPS) is 12.8. The van der Waals surface area contributed by atoms with Crippen molar-refractivity contribution >= 4 is 23.0 Å². The molecule has 0 aliphatic carbocycles. The minimum atomic E-state index is 0.0237. The van der Waals surface area contributed by atoms with Crippen LogP contribution in [0.5, 0.6) is 0 Å². The summed E-state index contributed by atoms with van der Waals surface area (Å²) in [6.07, 6.45) is 0. The Labute approximate surface area is 133 Å². The molecule has 0 spiro atoms. The summed E-state index contributed by atoms with van der Waals surface area (Å²) in [4.78, 5) is 0. The van der Waals surface area contributed by atoms with Crippen molar-refractivity contribution in [2.24, 2.45) is 5.41 Å². The highest BCUT2D eigenvalue weighted by Gasteiger charge is 2.19. The van der Waals surface area contributed by atoms with Crippen molar-refractivity contribution in [1.29, 1.82) is 0 Å². The highest BCUT2D eigenvalue weighted by Crippen LogP contribution is 2.14. The molecule has 5 heteroatoms.